The van der Waals surface area contributed by atoms with E-state index in [1.54, 1.807) is 5.96 Å². The summed E-state index contributed by atoms with van der Waals surface area (Å²) in [6.45, 7) is 25.0. The zero-order valence-electron chi connectivity index (χ0n) is 27.0. The highest BCUT2D eigenvalue weighted by Gasteiger charge is 2.28. The van der Waals surface area contributed by atoms with Crippen molar-refractivity contribution in [3.63, 3.8) is 0 Å². The summed E-state index contributed by atoms with van der Waals surface area (Å²) in [6, 6.07) is 2.03. The number of nitrogens with one attached hydrogen (secondary N) is 1. The number of hydrogen-bond donors (Lipinski definition) is 3. The minimum Gasteiger partial charge on any atom is -1.00 e. The van der Waals surface area contributed by atoms with E-state index in [0.717, 1.165) is 0 Å². The molecule has 0 aromatic heterocycles. The number of halogens is 2. The van der Waals surface area contributed by atoms with E-state index in [1.807, 2.05) is 19.9 Å². The summed E-state index contributed by atoms with van der Waals surface area (Å²) >= 11 is 0. The summed E-state index contributed by atoms with van der Waals surface area (Å²) in [5, 5.41) is 13.9. The van der Waals surface area contributed by atoms with Crippen LogP contribution >= 0.6 is 0 Å². The van der Waals surface area contributed by atoms with Crippen molar-refractivity contribution in [3.05, 3.63) is 0 Å². The summed E-state index contributed by atoms with van der Waals surface area (Å²) < 4.78 is 2.77. The summed E-state index contributed by atoms with van der Waals surface area (Å²) in [6.07, 6.45) is 15.5. The van der Waals surface area contributed by atoms with Gasteiger partial charge in [0.2, 0.25) is 0 Å². The largest absolute Gasteiger partial charge is 1.00 e. The first-order valence-corrected chi connectivity index (χ1v) is 15.3. The minimum atomic E-state index is -0.333. The van der Waals surface area contributed by atoms with Crippen LogP contribution in [-0.4, -0.2) is 65.6 Å². The number of hydrogen-bond acceptors (Lipinski definition) is 2. The minimum absolute atomic E-state index is 0. The van der Waals surface area contributed by atoms with Crippen molar-refractivity contribution in [2.24, 2.45) is 17.4 Å². The molecule has 0 aromatic rings. The maximum absolute atomic E-state index is 7.89. The van der Waals surface area contributed by atoms with Crippen molar-refractivity contribution < 1.29 is 34.0 Å². The van der Waals surface area contributed by atoms with Gasteiger partial charge >= 0.3 is 5.96 Å². The van der Waals surface area contributed by atoms with Crippen molar-refractivity contribution in [2.75, 3.05) is 39.3 Å². The highest BCUT2D eigenvalue weighted by Crippen LogP contribution is 2.10. The Balaban J connectivity index is -0.000000301. The van der Waals surface area contributed by atoms with Crippen LogP contribution in [0.3, 0.4) is 0 Å². The summed E-state index contributed by atoms with van der Waals surface area (Å²) in [4.78, 5) is 5.54. The molecule has 0 atom stereocenters. The Labute approximate surface area is 260 Å². The maximum atomic E-state index is 7.89. The Morgan fingerprint density at radius 1 is 0.692 bits per heavy atom. The van der Waals surface area contributed by atoms with Crippen molar-refractivity contribution >= 4 is 11.9 Å². The topological polar surface area (TPSA) is 109 Å². The number of guanidine groups is 2. The van der Waals surface area contributed by atoms with Crippen LogP contribution in [0.1, 0.15) is 132 Å². The molecule has 0 aliphatic rings. The molecule has 0 heterocycles. The monoisotopic (exact) mass is 638 g/mol. The molecule has 9 heteroatoms. The summed E-state index contributed by atoms with van der Waals surface area (Å²) in [5.74, 6) is 1.43. The summed E-state index contributed by atoms with van der Waals surface area (Å²) in [7, 11) is 0. The van der Waals surface area contributed by atoms with Gasteiger partial charge in [0.25, 0.3) is 0 Å². The van der Waals surface area contributed by atoms with Gasteiger partial charge < -0.3 is 40.9 Å². The first kappa shape index (κ1) is 47.6. The van der Waals surface area contributed by atoms with Crippen LogP contribution in [0.5, 0.6) is 0 Å². The molecule has 0 spiro atoms. The first-order chi connectivity index (χ1) is 17.7. The molecule has 0 fully saturated rings. The third kappa shape index (κ3) is 32.9. The molecule has 0 aliphatic carbocycles. The highest BCUT2D eigenvalue weighted by molar-refractivity contribution is 5.75. The lowest BCUT2D eigenvalue weighted by atomic mass is 10.2. The zero-order chi connectivity index (χ0) is 28.9. The molecule has 0 amide bonds. The average molecular weight is 640 g/mol. The van der Waals surface area contributed by atoms with Gasteiger partial charge in [0.15, 0.2) is 5.96 Å². The van der Waals surface area contributed by atoms with Gasteiger partial charge in [-0.2, -0.15) is 5.26 Å². The Bertz CT molecular complexity index is 528. The Hall–Kier alpha value is -1.20. The lowest BCUT2D eigenvalue weighted by molar-refractivity contribution is -0.539. The number of rotatable bonds is 18. The Morgan fingerprint density at radius 2 is 0.923 bits per heavy atom. The molecule has 0 bridgehead atoms. The number of unbranched alkanes of at least 4 members (excludes halogenated alkanes) is 6. The number of nitrogens with two attached hydrogens (primary N) is 2. The molecule has 236 valence electrons. The Kier molecular flexibility index (Phi) is 44.9. The molecule has 0 saturated heterocycles. The molecule has 0 rings (SSSR count). The Morgan fingerprint density at radius 3 is 1.10 bits per heavy atom. The van der Waals surface area contributed by atoms with Gasteiger partial charge in [-0.25, -0.2) is 0 Å². The van der Waals surface area contributed by atoms with Crippen LogP contribution in [0.4, 0.5) is 0 Å². The molecule has 7 nitrogen and oxygen atoms in total. The number of nitriles is 1. The molecule has 5 N–H and O–H groups in total. The molecule has 0 aliphatic heterocycles. The molecular weight excluding hydrogens is 574 g/mol. The molecule has 0 saturated carbocycles. The maximum Gasteiger partial charge on any atom is 0.350 e. The second-order valence-electron chi connectivity index (χ2n) is 10.1. The van der Waals surface area contributed by atoms with Gasteiger partial charge in [0, 0.05) is 5.92 Å². The fourth-order valence-corrected chi connectivity index (χ4v) is 3.63. The van der Waals surface area contributed by atoms with E-state index in [2.05, 4.69) is 67.4 Å². The smallest absolute Gasteiger partial charge is 0.350 e. The van der Waals surface area contributed by atoms with E-state index in [9.17, 15) is 0 Å². The van der Waals surface area contributed by atoms with Crippen molar-refractivity contribution in [2.45, 2.75) is 132 Å². The van der Waals surface area contributed by atoms with Crippen LogP contribution in [-0.2, 0) is 0 Å². The van der Waals surface area contributed by atoms with Gasteiger partial charge in [-0.1, -0.05) is 80.1 Å². The second-order valence-corrected chi connectivity index (χ2v) is 10.1. The molecule has 0 aromatic carbocycles. The molecule has 0 unspecified atom stereocenters. The van der Waals surface area contributed by atoms with Crippen LogP contribution in [0.15, 0.2) is 0 Å². The van der Waals surface area contributed by atoms with E-state index in [1.165, 1.54) is 116 Å². The van der Waals surface area contributed by atoms with Crippen LogP contribution in [0.25, 0.3) is 0 Å². The third-order valence-corrected chi connectivity index (χ3v) is 5.80. The van der Waals surface area contributed by atoms with E-state index in [0.29, 0.717) is 0 Å². The molecular formula is C30H66BrClN7-. The van der Waals surface area contributed by atoms with E-state index in [-0.39, 0.29) is 41.3 Å². The normalized spacial score (nSPS) is 9.44. The predicted octanol–water partition coefficient (Wildman–Crippen LogP) is 0.772. The van der Waals surface area contributed by atoms with Gasteiger partial charge in [-0.3, -0.25) is 19.8 Å². The van der Waals surface area contributed by atoms with Crippen molar-refractivity contribution in [1.82, 2.24) is 9.80 Å². The predicted molar refractivity (Wildman–Crippen MR) is 164 cm³/mol. The highest BCUT2D eigenvalue weighted by atomic mass is 79.9. The lowest BCUT2D eigenvalue weighted by Crippen LogP contribution is -3.00. The zero-order valence-corrected chi connectivity index (χ0v) is 29.3. The standard InChI is InChI=1S/C25H54N3.C4H7N.CH5N3.BrH.ClH/c1-7-13-19-26(20-14-8-2)25(27(21-15-9-3)22-16-10-4)28(23-17-11-5)24-18-12-6;1-4(2)3-5;2-1(3)4;;/h7-24H2,1-6H3;4H,1-2H3;(H5,2,3,4);2*1H/q+1;;;;/p-2. The van der Waals surface area contributed by atoms with Crippen LogP contribution < -0.4 is 40.9 Å². The molecule has 39 heavy (non-hydrogen) atoms. The van der Waals surface area contributed by atoms with Gasteiger partial charge in [0.05, 0.1) is 45.3 Å². The van der Waals surface area contributed by atoms with E-state index < -0.39 is 0 Å². The van der Waals surface area contributed by atoms with Crippen molar-refractivity contribution in [1.29, 1.82) is 10.7 Å². The first-order valence-electron chi connectivity index (χ1n) is 15.3. The third-order valence-electron chi connectivity index (χ3n) is 5.80. The van der Waals surface area contributed by atoms with Crippen LogP contribution in [0.2, 0.25) is 0 Å². The quantitative estimate of drug-likeness (QED) is 0.117. The van der Waals surface area contributed by atoms with E-state index in [4.69, 9.17) is 10.7 Å². The summed E-state index contributed by atoms with van der Waals surface area (Å²) in [5.41, 5.74) is 8.94. The van der Waals surface area contributed by atoms with Crippen LogP contribution in [0, 0.1) is 22.7 Å². The SMILES string of the molecule is CC(C)C#N.CCCCN(CCCC)C(N(CCCC)CCCC)=[N+](CCCC)CCCC.N=C(N)N.[Br-].[Cl-]. The molecule has 0 radical (unpaired) electrons. The van der Waals surface area contributed by atoms with Gasteiger partial charge in [-0.05, 0) is 52.4 Å². The van der Waals surface area contributed by atoms with Gasteiger partial charge in [0.1, 0.15) is 0 Å². The fraction of sp³-hybridized carbons (Fsp3) is 0.900. The van der Waals surface area contributed by atoms with E-state index >= 15 is 0 Å². The fourth-order valence-electron chi connectivity index (χ4n) is 3.63. The lowest BCUT2D eigenvalue weighted by Gasteiger charge is -2.31. The average Bonchev–Trinajstić information content (AvgIpc) is 2.87. The van der Waals surface area contributed by atoms with Crippen molar-refractivity contribution in [3.8, 4) is 6.07 Å². The number of nitrogens with zero attached hydrogens (tertiary/aromatic N) is 4. The second kappa shape index (κ2) is 36.8. The van der Waals surface area contributed by atoms with Gasteiger partial charge in [-0.15, -0.1) is 0 Å².